The molecule has 33 heavy (non-hydrogen) atoms. The lowest BCUT2D eigenvalue weighted by Crippen LogP contribution is -2.35. The van der Waals surface area contributed by atoms with Gasteiger partial charge in [-0.05, 0) is 73.9 Å². The smallest absolute Gasteiger partial charge is 0.139 e. The summed E-state index contributed by atoms with van der Waals surface area (Å²) in [4.78, 5) is 9.40. The van der Waals surface area contributed by atoms with Crippen LogP contribution >= 0.6 is 0 Å². The molecule has 1 N–H and O–H groups in total. The highest BCUT2D eigenvalue weighted by Crippen LogP contribution is 2.27. The van der Waals surface area contributed by atoms with Crippen molar-refractivity contribution in [2.75, 3.05) is 7.11 Å². The van der Waals surface area contributed by atoms with Crippen LogP contribution in [0.5, 0.6) is 5.75 Å². The van der Waals surface area contributed by atoms with E-state index in [9.17, 15) is 0 Å². The first kappa shape index (κ1) is 21.2. The molecule has 0 amide bonds. The standard InChI is InChI=1S/C28H28N4O/c1-28(2,3)30-17-19-5-7-20(8-6-19)21-9-12-24-22(15-21)10-14-27(31-24)32-18-29-25-16-23(33-4)11-13-26(25)32/h5-16,18,30H,17H2,1-4H3. The summed E-state index contributed by atoms with van der Waals surface area (Å²) in [5.74, 6) is 1.64. The Hall–Kier alpha value is -3.70. The Bertz CT molecular complexity index is 1430. The van der Waals surface area contributed by atoms with E-state index < -0.39 is 0 Å². The number of hydrogen-bond donors (Lipinski definition) is 1. The predicted octanol–water partition coefficient (Wildman–Crippen LogP) is 6.14. The van der Waals surface area contributed by atoms with Gasteiger partial charge in [0.25, 0.3) is 0 Å². The number of fused-ring (bicyclic) bond motifs is 2. The Labute approximate surface area is 194 Å². The van der Waals surface area contributed by atoms with Crippen LogP contribution in [0.15, 0.2) is 79.1 Å². The normalized spacial score (nSPS) is 11.9. The predicted molar refractivity (Wildman–Crippen MR) is 135 cm³/mol. The van der Waals surface area contributed by atoms with Crippen LogP contribution in [0.4, 0.5) is 0 Å². The van der Waals surface area contributed by atoms with Gasteiger partial charge in [-0.2, -0.15) is 0 Å². The van der Waals surface area contributed by atoms with Gasteiger partial charge in [-0.3, -0.25) is 4.57 Å². The second-order valence-corrected chi connectivity index (χ2v) is 9.35. The van der Waals surface area contributed by atoms with Gasteiger partial charge in [0.15, 0.2) is 0 Å². The van der Waals surface area contributed by atoms with Crippen LogP contribution in [0.1, 0.15) is 26.3 Å². The molecule has 5 heteroatoms. The zero-order chi connectivity index (χ0) is 23.0. The Morgan fingerprint density at radius 3 is 2.39 bits per heavy atom. The summed E-state index contributed by atoms with van der Waals surface area (Å²) in [6.07, 6.45) is 1.81. The zero-order valence-electron chi connectivity index (χ0n) is 19.5. The lowest BCUT2D eigenvalue weighted by Gasteiger charge is -2.20. The second kappa shape index (κ2) is 8.34. The van der Waals surface area contributed by atoms with E-state index in [4.69, 9.17) is 9.72 Å². The molecule has 0 aliphatic carbocycles. The van der Waals surface area contributed by atoms with Crippen molar-refractivity contribution in [3.05, 3.63) is 84.7 Å². The fourth-order valence-corrected chi connectivity index (χ4v) is 3.91. The Balaban J connectivity index is 1.42. The van der Waals surface area contributed by atoms with Crippen LogP contribution in [0.3, 0.4) is 0 Å². The molecule has 2 aromatic heterocycles. The summed E-state index contributed by atoms with van der Waals surface area (Å²) in [6.45, 7) is 7.41. The minimum Gasteiger partial charge on any atom is -0.497 e. The number of aromatic nitrogens is 3. The van der Waals surface area contributed by atoms with Gasteiger partial charge in [0.2, 0.25) is 0 Å². The molecular weight excluding hydrogens is 408 g/mol. The molecule has 0 fully saturated rings. The first-order valence-corrected chi connectivity index (χ1v) is 11.2. The Kier molecular flexibility index (Phi) is 5.35. The van der Waals surface area contributed by atoms with Crippen LogP contribution in [0, 0.1) is 0 Å². The van der Waals surface area contributed by atoms with Gasteiger partial charge in [-0.1, -0.05) is 30.3 Å². The fourth-order valence-electron chi connectivity index (χ4n) is 3.91. The first-order chi connectivity index (χ1) is 15.9. The van der Waals surface area contributed by atoms with Crippen LogP contribution < -0.4 is 10.1 Å². The fraction of sp³-hybridized carbons (Fsp3) is 0.214. The maximum absolute atomic E-state index is 5.31. The van der Waals surface area contributed by atoms with E-state index in [1.165, 1.54) is 16.7 Å². The van der Waals surface area contributed by atoms with Crippen molar-refractivity contribution >= 4 is 21.9 Å². The van der Waals surface area contributed by atoms with Gasteiger partial charge in [-0.15, -0.1) is 0 Å². The summed E-state index contributed by atoms with van der Waals surface area (Å²) in [5.41, 5.74) is 6.62. The van der Waals surface area contributed by atoms with E-state index >= 15 is 0 Å². The lowest BCUT2D eigenvalue weighted by atomic mass is 10.0. The third-order valence-electron chi connectivity index (χ3n) is 5.79. The highest BCUT2D eigenvalue weighted by atomic mass is 16.5. The van der Waals surface area contributed by atoms with Crippen molar-refractivity contribution in [3.8, 4) is 22.7 Å². The van der Waals surface area contributed by atoms with Crippen molar-refractivity contribution in [3.63, 3.8) is 0 Å². The number of imidazole rings is 1. The molecule has 0 aliphatic heterocycles. The van der Waals surface area contributed by atoms with Gasteiger partial charge >= 0.3 is 0 Å². The number of ether oxygens (including phenoxy) is 1. The van der Waals surface area contributed by atoms with E-state index in [0.29, 0.717) is 0 Å². The molecule has 0 atom stereocenters. The third kappa shape index (κ3) is 4.45. The van der Waals surface area contributed by atoms with Crippen molar-refractivity contribution in [1.29, 1.82) is 0 Å². The quantitative estimate of drug-likeness (QED) is 0.360. The number of hydrogen-bond acceptors (Lipinski definition) is 4. The minimum atomic E-state index is 0.110. The summed E-state index contributed by atoms with van der Waals surface area (Å²) < 4.78 is 7.31. The van der Waals surface area contributed by atoms with E-state index in [0.717, 1.165) is 40.0 Å². The zero-order valence-corrected chi connectivity index (χ0v) is 19.5. The molecule has 5 nitrogen and oxygen atoms in total. The molecule has 5 aromatic rings. The molecule has 166 valence electrons. The monoisotopic (exact) mass is 436 g/mol. The van der Waals surface area contributed by atoms with E-state index in [1.54, 1.807) is 7.11 Å². The highest BCUT2D eigenvalue weighted by Gasteiger charge is 2.10. The SMILES string of the molecule is COc1ccc2c(c1)ncn2-c1ccc2cc(-c3ccc(CNC(C)(C)C)cc3)ccc2n1. The molecule has 0 spiro atoms. The van der Waals surface area contributed by atoms with Crippen molar-refractivity contribution in [2.24, 2.45) is 0 Å². The highest BCUT2D eigenvalue weighted by molar-refractivity contribution is 5.86. The molecule has 0 saturated heterocycles. The Morgan fingerprint density at radius 2 is 1.64 bits per heavy atom. The number of rotatable bonds is 5. The topological polar surface area (TPSA) is 52.0 Å². The molecule has 0 unspecified atom stereocenters. The van der Waals surface area contributed by atoms with Crippen molar-refractivity contribution < 1.29 is 4.74 Å². The number of pyridine rings is 1. The maximum atomic E-state index is 5.31. The van der Waals surface area contributed by atoms with Crippen molar-refractivity contribution in [2.45, 2.75) is 32.9 Å². The summed E-state index contributed by atoms with van der Waals surface area (Å²) in [7, 11) is 1.66. The number of methoxy groups -OCH3 is 1. The van der Waals surface area contributed by atoms with Gasteiger partial charge in [-0.25, -0.2) is 9.97 Å². The molecule has 0 saturated carbocycles. The van der Waals surface area contributed by atoms with Crippen molar-refractivity contribution in [1.82, 2.24) is 19.9 Å². The van der Waals surface area contributed by atoms with Crippen LogP contribution in [0.25, 0.3) is 38.9 Å². The van der Waals surface area contributed by atoms with Gasteiger partial charge in [0.1, 0.15) is 17.9 Å². The van der Waals surface area contributed by atoms with Gasteiger partial charge < -0.3 is 10.1 Å². The molecule has 3 aromatic carbocycles. The molecule has 0 aliphatic rings. The summed E-state index contributed by atoms with van der Waals surface area (Å²) in [5, 5.41) is 4.65. The van der Waals surface area contributed by atoms with E-state index in [1.807, 2.05) is 35.2 Å². The van der Waals surface area contributed by atoms with Crippen LogP contribution in [-0.2, 0) is 6.54 Å². The maximum Gasteiger partial charge on any atom is 0.139 e. The number of nitrogens with one attached hydrogen (secondary N) is 1. The molecule has 0 bridgehead atoms. The average molecular weight is 437 g/mol. The van der Waals surface area contributed by atoms with E-state index in [2.05, 4.69) is 79.6 Å². The Morgan fingerprint density at radius 1 is 0.848 bits per heavy atom. The average Bonchev–Trinajstić information content (AvgIpc) is 3.25. The van der Waals surface area contributed by atoms with Crippen LogP contribution in [0.2, 0.25) is 0 Å². The third-order valence-corrected chi connectivity index (χ3v) is 5.79. The molecule has 5 rings (SSSR count). The van der Waals surface area contributed by atoms with Gasteiger partial charge in [0.05, 0.1) is 23.7 Å². The molecule has 0 radical (unpaired) electrons. The largest absolute Gasteiger partial charge is 0.497 e. The lowest BCUT2D eigenvalue weighted by molar-refractivity contribution is 0.415. The van der Waals surface area contributed by atoms with E-state index in [-0.39, 0.29) is 5.54 Å². The van der Waals surface area contributed by atoms with Crippen LogP contribution in [-0.4, -0.2) is 27.2 Å². The molecule has 2 heterocycles. The second-order valence-electron chi connectivity index (χ2n) is 9.35. The summed E-state index contributed by atoms with van der Waals surface area (Å²) >= 11 is 0. The summed E-state index contributed by atoms with van der Waals surface area (Å²) in [6, 6.07) is 25.2. The first-order valence-electron chi connectivity index (χ1n) is 11.2. The van der Waals surface area contributed by atoms with Gasteiger partial charge in [0, 0.05) is 23.5 Å². The number of nitrogens with zero attached hydrogens (tertiary/aromatic N) is 3. The number of benzene rings is 3. The minimum absolute atomic E-state index is 0.110. The molecular formula is C28H28N4O.